The zero-order chi connectivity index (χ0) is 25.2. The van der Waals surface area contributed by atoms with E-state index in [9.17, 15) is 5.26 Å². The third kappa shape index (κ3) is 3.02. The van der Waals surface area contributed by atoms with E-state index in [0.29, 0.717) is 5.56 Å². The number of aromatic nitrogens is 1. The van der Waals surface area contributed by atoms with E-state index < -0.39 is 0 Å². The summed E-state index contributed by atoms with van der Waals surface area (Å²) < 4.78 is 8.59. The predicted molar refractivity (Wildman–Crippen MR) is 152 cm³/mol. The van der Waals surface area contributed by atoms with E-state index in [1.54, 1.807) is 0 Å². The highest BCUT2D eigenvalue weighted by molar-refractivity contribution is 6.16. The Labute approximate surface area is 218 Å². The number of fused-ring (bicyclic) bond motifs is 7. The monoisotopic (exact) mass is 490 g/mol. The number of nitrogens with one attached hydrogen (secondary N) is 2. The molecular weight excluding hydrogens is 468 g/mol. The van der Waals surface area contributed by atoms with E-state index in [1.807, 2.05) is 30.3 Å². The van der Waals surface area contributed by atoms with Crippen molar-refractivity contribution in [3.05, 3.63) is 126 Å². The lowest BCUT2D eigenvalue weighted by Gasteiger charge is -2.36. The molecule has 5 heteroatoms. The van der Waals surface area contributed by atoms with E-state index in [2.05, 4.69) is 100 Å². The van der Waals surface area contributed by atoms with Crippen LogP contribution < -0.4 is 10.6 Å². The maximum Gasteiger partial charge on any atom is 0.160 e. The average Bonchev–Trinajstić information content (AvgIpc) is 3.50. The van der Waals surface area contributed by atoms with Crippen molar-refractivity contribution in [2.75, 3.05) is 5.32 Å². The van der Waals surface area contributed by atoms with Crippen molar-refractivity contribution in [2.24, 2.45) is 0 Å². The van der Waals surface area contributed by atoms with Gasteiger partial charge in [0, 0.05) is 27.2 Å². The number of hydrogen-bond donors (Lipinski definition) is 2. The minimum atomic E-state index is -0.223. The van der Waals surface area contributed by atoms with Crippen LogP contribution in [0.25, 0.3) is 43.7 Å². The molecule has 8 rings (SSSR count). The van der Waals surface area contributed by atoms with Gasteiger partial charge in [0.15, 0.2) is 6.29 Å². The van der Waals surface area contributed by atoms with Gasteiger partial charge in [0.05, 0.1) is 28.7 Å². The number of para-hydroxylation sites is 3. The van der Waals surface area contributed by atoms with Crippen LogP contribution in [-0.4, -0.2) is 4.57 Å². The molecular formula is C33H22N4O. The number of rotatable bonds is 2. The fourth-order valence-electron chi connectivity index (χ4n) is 6.01. The van der Waals surface area contributed by atoms with Crippen LogP contribution in [0.15, 0.2) is 114 Å². The van der Waals surface area contributed by atoms with E-state index >= 15 is 0 Å². The summed E-state index contributed by atoms with van der Waals surface area (Å²) in [4.78, 5) is 0. The van der Waals surface area contributed by atoms with E-state index in [1.165, 1.54) is 5.39 Å². The Balaban J connectivity index is 1.38. The highest BCUT2D eigenvalue weighted by Crippen LogP contribution is 2.41. The smallest absolute Gasteiger partial charge is 0.160 e. The summed E-state index contributed by atoms with van der Waals surface area (Å²) in [7, 11) is 0. The number of hydrogen-bond acceptors (Lipinski definition) is 4. The van der Waals surface area contributed by atoms with Gasteiger partial charge >= 0.3 is 0 Å². The zero-order valence-corrected chi connectivity index (χ0v) is 20.3. The second kappa shape index (κ2) is 7.97. The van der Waals surface area contributed by atoms with Gasteiger partial charge in [0.25, 0.3) is 0 Å². The normalized spacial score (nSPS) is 17.0. The summed E-state index contributed by atoms with van der Waals surface area (Å²) in [6.07, 6.45) is -0.223. The fourth-order valence-corrected chi connectivity index (χ4v) is 6.01. The van der Waals surface area contributed by atoms with Gasteiger partial charge in [-0.25, -0.2) is 0 Å². The molecule has 5 nitrogen and oxygen atoms in total. The molecule has 0 saturated heterocycles. The summed E-state index contributed by atoms with van der Waals surface area (Å²) in [6.45, 7) is 0. The first-order chi connectivity index (χ1) is 18.8. The van der Waals surface area contributed by atoms with Gasteiger partial charge in [0.1, 0.15) is 11.2 Å². The van der Waals surface area contributed by atoms with Gasteiger partial charge in [-0.15, -0.1) is 0 Å². The largest absolute Gasteiger partial charge is 0.456 e. The number of nitriles is 1. The Kier molecular flexibility index (Phi) is 4.42. The standard InChI is InChI=1S/C33H22N4O/c34-19-20-8-7-9-21(16-20)32-24-12-1-4-13-27(24)35-33(36-32)37-28-14-5-2-10-22(28)25-18-31-26(17-29(25)37)23-11-3-6-15-30(23)38-31/h1-18,32-33,35-36H. The Morgan fingerprint density at radius 1 is 0.684 bits per heavy atom. The van der Waals surface area contributed by atoms with Crippen LogP contribution >= 0.6 is 0 Å². The van der Waals surface area contributed by atoms with Crippen LogP contribution in [0, 0.1) is 11.3 Å². The maximum atomic E-state index is 9.54. The molecule has 1 aliphatic rings. The molecule has 2 N–H and O–H groups in total. The number of nitrogens with zero attached hydrogens (tertiary/aromatic N) is 2. The molecule has 0 saturated carbocycles. The maximum absolute atomic E-state index is 9.54. The fraction of sp³-hybridized carbons (Fsp3) is 0.0606. The highest BCUT2D eigenvalue weighted by atomic mass is 16.3. The third-order valence-corrected chi connectivity index (χ3v) is 7.70. The van der Waals surface area contributed by atoms with Crippen LogP contribution in [-0.2, 0) is 0 Å². The van der Waals surface area contributed by atoms with Crippen molar-refractivity contribution in [1.29, 1.82) is 5.26 Å². The molecule has 0 fully saturated rings. The third-order valence-electron chi connectivity index (χ3n) is 7.70. The second-order valence-corrected chi connectivity index (χ2v) is 9.82. The lowest BCUT2D eigenvalue weighted by Crippen LogP contribution is -2.40. The molecule has 5 aromatic carbocycles. The van der Waals surface area contributed by atoms with Gasteiger partial charge in [-0.3, -0.25) is 5.32 Å². The van der Waals surface area contributed by atoms with E-state index in [-0.39, 0.29) is 12.3 Å². The molecule has 0 amide bonds. The summed E-state index contributed by atoms with van der Waals surface area (Å²) in [5.74, 6) is 0. The molecule has 38 heavy (non-hydrogen) atoms. The molecule has 0 aliphatic carbocycles. The number of anilines is 1. The van der Waals surface area contributed by atoms with Gasteiger partial charge < -0.3 is 14.3 Å². The van der Waals surface area contributed by atoms with Crippen molar-refractivity contribution >= 4 is 49.4 Å². The van der Waals surface area contributed by atoms with Crippen LogP contribution in [0.1, 0.15) is 29.0 Å². The van der Waals surface area contributed by atoms with Gasteiger partial charge in [-0.2, -0.15) is 5.26 Å². The van der Waals surface area contributed by atoms with Crippen molar-refractivity contribution < 1.29 is 4.42 Å². The Hall–Kier alpha value is -5.05. The Morgan fingerprint density at radius 2 is 1.50 bits per heavy atom. The first-order valence-corrected chi connectivity index (χ1v) is 12.7. The first kappa shape index (κ1) is 21.1. The second-order valence-electron chi connectivity index (χ2n) is 9.82. The van der Waals surface area contributed by atoms with Gasteiger partial charge in [-0.1, -0.05) is 66.7 Å². The molecule has 2 unspecified atom stereocenters. The summed E-state index contributed by atoms with van der Waals surface area (Å²) in [5.41, 5.74) is 7.99. The molecule has 2 atom stereocenters. The molecule has 0 radical (unpaired) electrons. The van der Waals surface area contributed by atoms with Crippen molar-refractivity contribution in [1.82, 2.24) is 9.88 Å². The van der Waals surface area contributed by atoms with Crippen LogP contribution in [0.3, 0.4) is 0 Å². The highest BCUT2D eigenvalue weighted by Gasteiger charge is 2.30. The summed E-state index contributed by atoms with van der Waals surface area (Å²) >= 11 is 0. The molecule has 1 aliphatic heterocycles. The van der Waals surface area contributed by atoms with E-state index in [4.69, 9.17) is 4.42 Å². The Morgan fingerprint density at radius 3 is 2.42 bits per heavy atom. The zero-order valence-electron chi connectivity index (χ0n) is 20.3. The van der Waals surface area contributed by atoms with Crippen LogP contribution in [0.2, 0.25) is 0 Å². The van der Waals surface area contributed by atoms with Crippen molar-refractivity contribution in [2.45, 2.75) is 12.3 Å². The average molecular weight is 491 g/mol. The van der Waals surface area contributed by atoms with Crippen LogP contribution in [0.4, 0.5) is 5.69 Å². The molecule has 180 valence electrons. The first-order valence-electron chi connectivity index (χ1n) is 12.7. The van der Waals surface area contributed by atoms with Crippen LogP contribution in [0.5, 0.6) is 0 Å². The van der Waals surface area contributed by atoms with Gasteiger partial charge in [0.2, 0.25) is 0 Å². The summed E-state index contributed by atoms with van der Waals surface area (Å²) in [6, 6.07) is 39.6. The number of benzene rings is 5. The summed E-state index contributed by atoms with van der Waals surface area (Å²) in [5, 5.41) is 21.7. The molecule has 0 bridgehead atoms. The number of furan rings is 1. The molecule has 0 spiro atoms. The minimum absolute atomic E-state index is 0.0829. The quantitative estimate of drug-likeness (QED) is 0.259. The SMILES string of the molecule is N#Cc1cccc(C2NC(n3c4ccccc4c4cc5oc6ccccc6c5cc43)Nc3ccccc32)c1. The van der Waals surface area contributed by atoms with Crippen molar-refractivity contribution in [3.8, 4) is 6.07 Å². The Bertz CT molecular complexity index is 2080. The van der Waals surface area contributed by atoms with Crippen molar-refractivity contribution in [3.63, 3.8) is 0 Å². The van der Waals surface area contributed by atoms with Gasteiger partial charge in [-0.05, 0) is 53.6 Å². The molecule has 3 heterocycles. The minimum Gasteiger partial charge on any atom is -0.456 e. The lowest BCUT2D eigenvalue weighted by molar-refractivity contribution is 0.417. The molecule has 2 aromatic heterocycles. The van der Waals surface area contributed by atoms with E-state index in [0.717, 1.165) is 55.2 Å². The lowest BCUT2D eigenvalue weighted by atomic mass is 9.94. The topological polar surface area (TPSA) is 65.9 Å². The molecule has 7 aromatic rings. The predicted octanol–water partition coefficient (Wildman–Crippen LogP) is 7.83.